The summed E-state index contributed by atoms with van der Waals surface area (Å²) in [4.78, 5) is 4.54. The van der Waals surface area contributed by atoms with Gasteiger partial charge in [0.25, 0.3) is 0 Å². The molecule has 0 spiro atoms. The fraction of sp³-hybridized carbons (Fsp3) is 0.250. The third kappa shape index (κ3) is 2.08. The van der Waals surface area contributed by atoms with Crippen LogP contribution in [0.3, 0.4) is 0 Å². The van der Waals surface area contributed by atoms with Crippen LogP contribution in [0.5, 0.6) is 0 Å². The fourth-order valence-electron chi connectivity index (χ4n) is 2.72. The first kappa shape index (κ1) is 12.8. The summed E-state index contributed by atoms with van der Waals surface area (Å²) in [5.41, 5.74) is 4.38. The standard InChI is InChI=1S/C16H18N4/c1-11-10-14(20(3)19-11)16(17-2)13-8-4-6-12-7-5-9-18-15(12)13/h4-10,16-17H,1-3H3. The van der Waals surface area contributed by atoms with E-state index < -0.39 is 0 Å². The maximum Gasteiger partial charge on any atom is 0.0767 e. The Bertz CT molecular complexity index is 740. The van der Waals surface area contributed by atoms with E-state index in [4.69, 9.17) is 0 Å². The number of hydrogen-bond acceptors (Lipinski definition) is 3. The lowest BCUT2D eigenvalue weighted by atomic mass is 10.00. The molecule has 1 atom stereocenters. The zero-order chi connectivity index (χ0) is 14.1. The first-order valence-electron chi connectivity index (χ1n) is 6.72. The predicted octanol–water partition coefficient (Wildman–Crippen LogP) is 2.59. The SMILES string of the molecule is CNC(c1cccc2cccnc12)c1cc(C)nn1C. The van der Waals surface area contributed by atoms with Gasteiger partial charge in [0.05, 0.1) is 22.9 Å². The Morgan fingerprint density at radius 2 is 2.00 bits per heavy atom. The maximum absolute atomic E-state index is 4.54. The second-order valence-electron chi connectivity index (χ2n) is 4.98. The van der Waals surface area contributed by atoms with Crippen molar-refractivity contribution in [2.75, 3.05) is 7.05 Å². The Labute approximate surface area is 118 Å². The van der Waals surface area contributed by atoms with Crippen LogP contribution in [0, 0.1) is 6.92 Å². The van der Waals surface area contributed by atoms with Gasteiger partial charge >= 0.3 is 0 Å². The van der Waals surface area contributed by atoms with Gasteiger partial charge in [-0.05, 0) is 26.1 Å². The van der Waals surface area contributed by atoms with Crippen LogP contribution < -0.4 is 5.32 Å². The summed E-state index contributed by atoms with van der Waals surface area (Å²) >= 11 is 0. The first-order valence-corrected chi connectivity index (χ1v) is 6.72. The number of fused-ring (bicyclic) bond motifs is 1. The Hall–Kier alpha value is -2.20. The molecule has 20 heavy (non-hydrogen) atoms. The first-order chi connectivity index (χ1) is 9.70. The second kappa shape index (κ2) is 5.06. The van der Waals surface area contributed by atoms with Crippen molar-refractivity contribution in [3.8, 4) is 0 Å². The molecule has 0 saturated heterocycles. The minimum Gasteiger partial charge on any atom is -0.308 e. The van der Waals surface area contributed by atoms with Crippen molar-refractivity contribution in [3.63, 3.8) is 0 Å². The number of aryl methyl sites for hydroxylation is 2. The Kier molecular flexibility index (Phi) is 3.24. The zero-order valence-corrected chi connectivity index (χ0v) is 12.0. The molecule has 102 valence electrons. The van der Waals surface area contributed by atoms with Crippen molar-refractivity contribution in [3.05, 3.63) is 59.5 Å². The summed E-state index contributed by atoms with van der Waals surface area (Å²) in [7, 11) is 3.94. The minimum atomic E-state index is 0.0831. The summed E-state index contributed by atoms with van der Waals surface area (Å²) in [5, 5.41) is 8.98. The van der Waals surface area contributed by atoms with Crippen molar-refractivity contribution in [2.45, 2.75) is 13.0 Å². The summed E-state index contributed by atoms with van der Waals surface area (Å²) in [6.45, 7) is 2.01. The fourth-order valence-corrected chi connectivity index (χ4v) is 2.72. The molecule has 0 aliphatic rings. The van der Waals surface area contributed by atoms with E-state index in [1.54, 1.807) is 0 Å². The van der Waals surface area contributed by atoms with Gasteiger partial charge < -0.3 is 5.32 Å². The molecule has 4 heteroatoms. The summed E-state index contributed by atoms with van der Waals surface area (Å²) in [6.07, 6.45) is 1.84. The van der Waals surface area contributed by atoms with Gasteiger partial charge in [0, 0.05) is 24.2 Å². The molecule has 0 bridgehead atoms. The third-order valence-corrected chi connectivity index (χ3v) is 3.60. The van der Waals surface area contributed by atoms with Crippen molar-refractivity contribution < 1.29 is 0 Å². The van der Waals surface area contributed by atoms with Crippen LogP contribution in [0.1, 0.15) is 23.0 Å². The van der Waals surface area contributed by atoms with Gasteiger partial charge in [-0.1, -0.05) is 24.3 Å². The van der Waals surface area contributed by atoms with Gasteiger partial charge in [0.2, 0.25) is 0 Å². The number of rotatable bonds is 3. The van der Waals surface area contributed by atoms with Crippen molar-refractivity contribution in [1.29, 1.82) is 0 Å². The van der Waals surface area contributed by atoms with Crippen LogP contribution in [-0.2, 0) is 7.05 Å². The lowest BCUT2D eigenvalue weighted by Crippen LogP contribution is -2.21. The van der Waals surface area contributed by atoms with Crippen LogP contribution in [0.2, 0.25) is 0 Å². The van der Waals surface area contributed by atoms with Crippen molar-refractivity contribution in [2.24, 2.45) is 7.05 Å². The van der Waals surface area contributed by atoms with Crippen LogP contribution in [0.15, 0.2) is 42.6 Å². The van der Waals surface area contributed by atoms with E-state index in [2.05, 4.69) is 45.7 Å². The molecule has 0 aliphatic carbocycles. The van der Waals surface area contributed by atoms with E-state index in [0.29, 0.717) is 0 Å². The second-order valence-corrected chi connectivity index (χ2v) is 4.98. The molecule has 1 N–H and O–H groups in total. The van der Waals surface area contributed by atoms with Gasteiger partial charge in [0.15, 0.2) is 0 Å². The zero-order valence-electron chi connectivity index (χ0n) is 12.0. The Morgan fingerprint density at radius 3 is 2.70 bits per heavy atom. The van der Waals surface area contributed by atoms with Crippen LogP contribution in [0.25, 0.3) is 10.9 Å². The van der Waals surface area contributed by atoms with Gasteiger partial charge in [-0.2, -0.15) is 5.10 Å². The smallest absolute Gasteiger partial charge is 0.0767 e. The lowest BCUT2D eigenvalue weighted by molar-refractivity contribution is 0.607. The summed E-state index contributed by atoms with van der Waals surface area (Å²) in [6, 6.07) is 12.5. The van der Waals surface area contributed by atoms with E-state index in [-0.39, 0.29) is 6.04 Å². The van der Waals surface area contributed by atoms with E-state index in [9.17, 15) is 0 Å². The Balaban J connectivity index is 2.19. The molecule has 0 amide bonds. The van der Waals surface area contributed by atoms with Gasteiger partial charge in [-0.3, -0.25) is 9.67 Å². The quantitative estimate of drug-likeness (QED) is 0.792. The van der Waals surface area contributed by atoms with Crippen LogP contribution in [-0.4, -0.2) is 21.8 Å². The monoisotopic (exact) mass is 266 g/mol. The highest BCUT2D eigenvalue weighted by Gasteiger charge is 2.19. The number of aromatic nitrogens is 3. The number of nitrogens with zero attached hydrogens (tertiary/aromatic N) is 3. The van der Waals surface area contributed by atoms with E-state index in [0.717, 1.165) is 22.3 Å². The van der Waals surface area contributed by atoms with Gasteiger partial charge in [-0.15, -0.1) is 0 Å². The summed E-state index contributed by atoms with van der Waals surface area (Å²) in [5.74, 6) is 0. The average molecular weight is 266 g/mol. The van der Waals surface area contributed by atoms with Crippen molar-refractivity contribution in [1.82, 2.24) is 20.1 Å². The molecule has 3 aromatic rings. The molecule has 1 aromatic carbocycles. The molecule has 0 aliphatic heterocycles. The molecular formula is C16H18N4. The third-order valence-electron chi connectivity index (χ3n) is 3.60. The Morgan fingerprint density at radius 1 is 1.20 bits per heavy atom. The molecule has 0 saturated carbocycles. The van der Waals surface area contributed by atoms with Crippen molar-refractivity contribution >= 4 is 10.9 Å². The van der Waals surface area contributed by atoms with Crippen LogP contribution in [0.4, 0.5) is 0 Å². The largest absolute Gasteiger partial charge is 0.308 e. The van der Waals surface area contributed by atoms with Crippen LogP contribution >= 0.6 is 0 Å². The van der Waals surface area contributed by atoms with E-state index in [1.165, 1.54) is 5.56 Å². The number of para-hydroxylation sites is 1. The molecule has 0 radical (unpaired) electrons. The summed E-state index contributed by atoms with van der Waals surface area (Å²) < 4.78 is 1.93. The molecule has 2 heterocycles. The highest BCUT2D eigenvalue weighted by Crippen LogP contribution is 2.27. The topological polar surface area (TPSA) is 42.7 Å². The molecule has 4 nitrogen and oxygen atoms in total. The lowest BCUT2D eigenvalue weighted by Gasteiger charge is -2.18. The number of hydrogen-bond donors (Lipinski definition) is 1. The normalized spacial score (nSPS) is 12.8. The number of nitrogens with one attached hydrogen (secondary N) is 1. The maximum atomic E-state index is 4.54. The van der Waals surface area contributed by atoms with E-state index in [1.807, 2.05) is 38.0 Å². The number of benzene rings is 1. The minimum absolute atomic E-state index is 0.0831. The van der Waals surface area contributed by atoms with Gasteiger partial charge in [0.1, 0.15) is 0 Å². The molecule has 2 aromatic heterocycles. The number of pyridine rings is 1. The average Bonchev–Trinajstić information content (AvgIpc) is 2.79. The molecular weight excluding hydrogens is 248 g/mol. The molecule has 0 fully saturated rings. The molecule has 3 rings (SSSR count). The van der Waals surface area contributed by atoms with Gasteiger partial charge in [-0.25, -0.2) is 0 Å². The molecule has 1 unspecified atom stereocenters. The predicted molar refractivity (Wildman–Crippen MR) is 80.6 cm³/mol. The van der Waals surface area contributed by atoms with E-state index >= 15 is 0 Å². The highest BCUT2D eigenvalue weighted by atomic mass is 15.3. The highest BCUT2D eigenvalue weighted by molar-refractivity contribution is 5.82.